The van der Waals surface area contributed by atoms with Crippen LogP contribution in [0.25, 0.3) is 0 Å². The SMILES string of the molecule is CC(C)=C(C(N)=O)N1CCCC1. The first-order chi connectivity index (χ1) is 5.63. The molecule has 0 aromatic heterocycles. The van der Waals surface area contributed by atoms with E-state index in [0.717, 1.165) is 18.7 Å². The van der Waals surface area contributed by atoms with Gasteiger partial charge in [0.1, 0.15) is 5.70 Å². The van der Waals surface area contributed by atoms with Crippen molar-refractivity contribution in [2.75, 3.05) is 13.1 Å². The first-order valence-corrected chi connectivity index (χ1v) is 4.35. The van der Waals surface area contributed by atoms with Crippen LogP contribution in [0.15, 0.2) is 11.3 Å². The number of amides is 1. The first kappa shape index (κ1) is 9.10. The van der Waals surface area contributed by atoms with Gasteiger partial charge in [0.05, 0.1) is 0 Å². The van der Waals surface area contributed by atoms with E-state index in [4.69, 9.17) is 5.73 Å². The molecule has 0 aromatic carbocycles. The average molecular weight is 168 g/mol. The zero-order chi connectivity index (χ0) is 9.14. The molecule has 1 aliphatic heterocycles. The number of allylic oxidation sites excluding steroid dienone is 1. The summed E-state index contributed by atoms with van der Waals surface area (Å²) in [5.74, 6) is -0.295. The number of nitrogens with zero attached hydrogens (tertiary/aromatic N) is 1. The summed E-state index contributed by atoms with van der Waals surface area (Å²) < 4.78 is 0. The smallest absolute Gasteiger partial charge is 0.264 e. The molecule has 0 saturated carbocycles. The molecule has 2 N–H and O–H groups in total. The molecule has 1 amide bonds. The van der Waals surface area contributed by atoms with Gasteiger partial charge in [-0.15, -0.1) is 0 Å². The minimum absolute atomic E-state index is 0.295. The third-order valence-corrected chi connectivity index (χ3v) is 2.13. The third-order valence-electron chi connectivity index (χ3n) is 2.13. The van der Waals surface area contributed by atoms with Gasteiger partial charge in [0, 0.05) is 13.1 Å². The van der Waals surface area contributed by atoms with Crippen LogP contribution in [0.3, 0.4) is 0 Å². The van der Waals surface area contributed by atoms with Crippen LogP contribution < -0.4 is 5.73 Å². The van der Waals surface area contributed by atoms with E-state index in [1.54, 1.807) is 0 Å². The third kappa shape index (κ3) is 1.78. The van der Waals surface area contributed by atoms with Gasteiger partial charge in [-0.3, -0.25) is 4.79 Å². The molecule has 1 rings (SSSR count). The summed E-state index contributed by atoms with van der Waals surface area (Å²) >= 11 is 0. The van der Waals surface area contributed by atoms with Crippen LogP contribution in [0.2, 0.25) is 0 Å². The number of likely N-dealkylation sites (tertiary alicyclic amines) is 1. The van der Waals surface area contributed by atoms with Gasteiger partial charge < -0.3 is 10.6 Å². The molecule has 0 bridgehead atoms. The summed E-state index contributed by atoms with van der Waals surface area (Å²) in [5, 5.41) is 0. The number of carbonyl (C=O) groups excluding carboxylic acids is 1. The minimum atomic E-state index is -0.295. The maximum absolute atomic E-state index is 11.1. The molecule has 0 radical (unpaired) electrons. The Morgan fingerprint density at radius 2 is 1.75 bits per heavy atom. The highest BCUT2D eigenvalue weighted by molar-refractivity contribution is 5.92. The van der Waals surface area contributed by atoms with E-state index in [1.807, 2.05) is 13.8 Å². The number of carbonyl (C=O) groups is 1. The molecule has 3 nitrogen and oxygen atoms in total. The Kier molecular flexibility index (Phi) is 2.74. The van der Waals surface area contributed by atoms with Gasteiger partial charge in [0.25, 0.3) is 5.91 Å². The van der Waals surface area contributed by atoms with Gasteiger partial charge in [0.2, 0.25) is 0 Å². The van der Waals surface area contributed by atoms with Crippen LogP contribution in [0.5, 0.6) is 0 Å². The van der Waals surface area contributed by atoms with E-state index >= 15 is 0 Å². The summed E-state index contributed by atoms with van der Waals surface area (Å²) in [4.78, 5) is 13.1. The van der Waals surface area contributed by atoms with Crippen LogP contribution in [-0.2, 0) is 4.79 Å². The number of nitrogens with two attached hydrogens (primary N) is 1. The van der Waals surface area contributed by atoms with Gasteiger partial charge in [-0.1, -0.05) is 0 Å². The molecule has 0 spiro atoms. The van der Waals surface area contributed by atoms with E-state index in [0.29, 0.717) is 5.70 Å². The number of hydrogen-bond acceptors (Lipinski definition) is 2. The largest absolute Gasteiger partial charge is 0.367 e. The highest BCUT2D eigenvalue weighted by Crippen LogP contribution is 2.16. The summed E-state index contributed by atoms with van der Waals surface area (Å²) in [6.45, 7) is 5.81. The van der Waals surface area contributed by atoms with Crippen molar-refractivity contribution < 1.29 is 4.79 Å². The summed E-state index contributed by atoms with van der Waals surface area (Å²) in [5.41, 5.74) is 7.01. The molecule has 0 atom stereocenters. The van der Waals surface area contributed by atoms with Crippen molar-refractivity contribution in [3.05, 3.63) is 11.3 Å². The molecule has 68 valence electrons. The number of hydrogen-bond donors (Lipinski definition) is 1. The van der Waals surface area contributed by atoms with Gasteiger partial charge in [-0.05, 0) is 32.3 Å². The van der Waals surface area contributed by atoms with Gasteiger partial charge >= 0.3 is 0 Å². The fourth-order valence-electron chi connectivity index (χ4n) is 1.66. The van der Waals surface area contributed by atoms with E-state index in [2.05, 4.69) is 4.90 Å². The Bertz CT molecular complexity index is 211. The minimum Gasteiger partial charge on any atom is -0.367 e. The molecule has 1 aliphatic rings. The van der Waals surface area contributed by atoms with Crippen LogP contribution in [0.1, 0.15) is 26.7 Å². The van der Waals surface area contributed by atoms with Crippen LogP contribution >= 0.6 is 0 Å². The van der Waals surface area contributed by atoms with Crippen molar-refractivity contribution in [1.29, 1.82) is 0 Å². The molecule has 0 unspecified atom stereocenters. The lowest BCUT2D eigenvalue weighted by atomic mass is 10.2. The van der Waals surface area contributed by atoms with E-state index in [1.165, 1.54) is 12.8 Å². The standard InChI is InChI=1S/C9H16N2O/c1-7(2)8(9(10)12)11-5-3-4-6-11/h3-6H2,1-2H3,(H2,10,12). The van der Waals surface area contributed by atoms with Crippen molar-refractivity contribution in [3.63, 3.8) is 0 Å². The summed E-state index contributed by atoms with van der Waals surface area (Å²) in [7, 11) is 0. The van der Waals surface area contributed by atoms with Crippen molar-refractivity contribution in [1.82, 2.24) is 4.90 Å². The zero-order valence-corrected chi connectivity index (χ0v) is 7.76. The normalized spacial score (nSPS) is 16.3. The van der Waals surface area contributed by atoms with Crippen LogP contribution in [-0.4, -0.2) is 23.9 Å². The molecule has 1 fully saturated rings. The predicted octanol–water partition coefficient (Wildman–Crippen LogP) is 0.861. The lowest BCUT2D eigenvalue weighted by Crippen LogP contribution is -2.30. The lowest BCUT2D eigenvalue weighted by Gasteiger charge is -2.20. The van der Waals surface area contributed by atoms with Crippen molar-refractivity contribution in [2.45, 2.75) is 26.7 Å². The maximum atomic E-state index is 11.1. The summed E-state index contributed by atoms with van der Waals surface area (Å²) in [6.07, 6.45) is 2.34. The Labute approximate surface area is 73.2 Å². The Morgan fingerprint density at radius 3 is 2.08 bits per heavy atom. The summed E-state index contributed by atoms with van der Waals surface area (Å²) in [6, 6.07) is 0. The average Bonchev–Trinajstić information content (AvgIpc) is 2.37. The van der Waals surface area contributed by atoms with E-state index in [-0.39, 0.29) is 5.91 Å². The second-order valence-electron chi connectivity index (χ2n) is 3.41. The number of rotatable bonds is 2. The molecular weight excluding hydrogens is 152 g/mol. The van der Waals surface area contributed by atoms with Crippen molar-refractivity contribution >= 4 is 5.91 Å². The zero-order valence-electron chi connectivity index (χ0n) is 7.76. The topological polar surface area (TPSA) is 46.3 Å². The van der Waals surface area contributed by atoms with Gasteiger partial charge in [0.15, 0.2) is 0 Å². The first-order valence-electron chi connectivity index (χ1n) is 4.35. The van der Waals surface area contributed by atoms with Gasteiger partial charge in [-0.25, -0.2) is 0 Å². The van der Waals surface area contributed by atoms with Crippen LogP contribution in [0, 0.1) is 0 Å². The second-order valence-corrected chi connectivity index (χ2v) is 3.41. The van der Waals surface area contributed by atoms with E-state index in [9.17, 15) is 4.79 Å². The molecule has 1 saturated heterocycles. The fourth-order valence-corrected chi connectivity index (χ4v) is 1.66. The molecule has 12 heavy (non-hydrogen) atoms. The Balaban J connectivity index is 2.79. The lowest BCUT2D eigenvalue weighted by molar-refractivity contribution is -0.116. The fraction of sp³-hybridized carbons (Fsp3) is 0.667. The van der Waals surface area contributed by atoms with Crippen molar-refractivity contribution in [3.8, 4) is 0 Å². The molecule has 0 aliphatic carbocycles. The molecular formula is C9H16N2O. The Hall–Kier alpha value is -0.990. The van der Waals surface area contributed by atoms with Gasteiger partial charge in [-0.2, -0.15) is 0 Å². The van der Waals surface area contributed by atoms with Crippen molar-refractivity contribution in [2.24, 2.45) is 5.73 Å². The van der Waals surface area contributed by atoms with Crippen LogP contribution in [0.4, 0.5) is 0 Å². The highest BCUT2D eigenvalue weighted by atomic mass is 16.1. The molecule has 1 heterocycles. The quantitative estimate of drug-likeness (QED) is 0.622. The maximum Gasteiger partial charge on any atom is 0.264 e. The second kappa shape index (κ2) is 3.61. The molecule has 0 aromatic rings. The predicted molar refractivity (Wildman–Crippen MR) is 48.4 cm³/mol. The van der Waals surface area contributed by atoms with E-state index < -0.39 is 0 Å². The number of primary amides is 1. The molecule has 3 heteroatoms. The Morgan fingerprint density at radius 1 is 1.25 bits per heavy atom. The highest BCUT2D eigenvalue weighted by Gasteiger charge is 2.19. The monoisotopic (exact) mass is 168 g/mol.